The minimum atomic E-state index is -1.04. The minimum absolute atomic E-state index is 0.0955. The van der Waals surface area contributed by atoms with Gasteiger partial charge in [-0.25, -0.2) is 0 Å². The maximum Gasteiger partial charge on any atom is 0.116 e. The highest BCUT2D eigenvalue weighted by molar-refractivity contribution is 4.89. The van der Waals surface area contributed by atoms with Crippen molar-refractivity contribution in [3.63, 3.8) is 0 Å². The van der Waals surface area contributed by atoms with Gasteiger partial charge < -0.3 is 10.8 Å². The van der Waals surface area contributed by atoms with E-state index in [0.717, 1.165) is 25.7 Å². The van der Waals surface area contributed by atoms with Crippen molar-refractivity contribution >= 4 is 0 Å². The van der Waals surface area contributed by atoms with Crippen LogP contribution in [0.4, 0.5) is 0 Å². The Morgan fingerprint density at radius 2 is 1.58 bits per heavy atom. The van der Waals surface area contributed by atoms with Crippen LogP contribution in [0.15, 0.2) is 0 Å². The molecule has 0 saturated carbocycles. The highest BCUT2D eigenvalue weighted by Gasteiger charge is 2.40. The van der Waals surface area contributed by atoms with Crippen LogP contribution in [0, 0.1) is 5.41 Å². The molecule has 12 heavy (non-hydrogen) atoms. The standard InChI is InChI=1S/C10H23NO/c1-5-8-10(6-2,7-3)9(4,11)12/h12H,5-8,11H2,1-4H3. The van der Waals surface area contributed by atoms with Gasteiger partial charge in [-0.05, 0) is 26.2 Å². The van der Waals surface area contributed by atoms with E-state index in [1.165, 1.54) is 0 Å². The Morgan fingerprint density at radius 3 is 1.67 bits per heavy atom. The Kier molecular flexibility index (Phi) is 4.21. The summed E-state index contributed by atoms with van der Waals surface area (Å²) < 4.78 is 0. The van der Waals surface area contributed by atoms with Crippen molar-refractivity contribution < 1.29 is 5.11 Å². The second-order valence-corrected chi connectivity index (χ2v) is 3.88. The third kappa shape index (κ3) is 2.20. The lowest BCUT2D eigenvalue weighted by molar-refractivity contribution is -0.0768. The fourth-order valence-corrected chi connectivity index (χ4v) is 2.05. The van der Waals surface area contributed by atoms with Crippen molar-refractivity contribution in [3.05, 3.63) is 0 Å². The smallest absolute Gasteiger partial charge is 0.116 e. The Morgan fingerprint density at radius 1 is 1.17 bits per heavy atom. The Labute approximate surface area is 76.2 Å². The summed E-state index contributed by atoms with van der Waals surface area (Å²) >= 11 is 0. The third-order valence-electron chi connectivity index (χ3n) is 3.16. The molecule has 0 bridgehead atoms. The average Bonchev–Trinajstić information content (AvgIpc) is 1.98. The summed E-state index contributed by atoms with van der Waals surface area (Å²) in [7, 11) is 0. The molecule has 0 amide bonds. The summed E-state index contributed by atoms with van der Waals surface area (Å²) in [6.07, 6.45) is 3.97. The second-order valence-electron chi connectivity index (χ2n) is 3.88. The molecule has 0 radical (unpaired) electrons. The quantitative estimate of drug-likeness (QED) is 0.626. The van der Waals surface area contributed by atoms with Gasteiger partial charge in [-0.1, -0.05) is 27.2 Å². The maximum absolute atomic E-state index is 9.84. The lowest BCUT2D eigenvalue weighted by Crippen LogP contribution is -2.52. The van der Waals surface area contributed by atoms with Gasteiger partial charge in [-0.3, -0.25) is 0 Å². The van der Waals surface area contributed by atoms with E-state index in [4.69, 9.17) is 5.73 Å². The van der Waals surface area contributed by atoms with Crippen molar-refractivity contribution in [3.8, 4) is 0 Å². The molecule has 0 heterocycles. The van der Waals surface area contributed by atoms with Crippen molar-refractivity contribution in [1.82, 2.24) is 0 Å². The van der Waals surface area contributed by atoms with Gasteiger partial charge in [-0.15, -0.1) is 0 Å². The van der Waals surface area contributed by atoms with Gasteiger partial charge >= 0.3 is 0 Å². The van der Waals surface area contributed by atoms with E-state index in [1.807, 2.05) is 0 Å². The molecule has 0 aliphatic carbocycles. The monoisotopic (exact) mass is 173 g/mol. The molecule has 1 atom stereocenters. The molecule has 0 aromatic rings. The molecule has 0 rings (SSSR count). The first-order valence-electron chi connectivity index (χ1n) is 4.94. The van der Waals surface area contributed by atoms with Crippen LogP contribution in [0.25, 0.3) is 0 Å². The predicted molar refractivity (Wildman–Crippen MR) is 52.7 cm³/mol. The van der Waals surface area contributed by atoms with Crippen molar-refractivity contribution in [2.24, 2.45) is 11.1 Å². The fraction of sp³-hybridized carbons (Fsp3) is 1.00. The zero-order valence-electron chi connectivity index (χ0n) is 8.85. The third-order valence-corrected chi connectivity index (χ3v) is 3.16. The largest absolute Gasteiger partial charge is 0.376 e. The number of rotatable bonds is 5. The van der Waals surface area contributed by atoms with Gasteiger partial charge in [-0.2, -0.15) is 0 Å². The summed E-state index contributed by atoms with van der Waals surface area (Å²) in [5.41, 5.74) is 4.65. The van der Waals surface area contributed by atoms with Crippen LogP contribution >= 0.6 is 0 Å². The first kappa shape index (κ1) is 11.9. The van der Waals surface area contributed by atoms with E-state index in [1.54, 1.807) is 6.92 Å². The highest BCUT2D eigenvalue weighted by atomic mass is 16.3. The van der Waals surface area contributed by atoms with E-state index in [9.17, 15) is 5.11 Å². The molecule has 0 aromatic heterocycles. The molecule has 3 N–H and O–H groups in total. The summed E-state index contributed by atoms with van der Waals surface area (Å²) in [4.78, 5) is 0. The van der Waals surface area contributed by atoms with Gasteiger partial charge in [0.15, 0.2) is 0 Å². The molecule has 0 spiro atoms. The van der Waals surface area contributed by atoms with Crippen molar-refractivity contribution in [1.29, 1.82) is 0 Å². The fourth-order valence-electron chi connectivity index (χ4n) is 2.05. The molecule has 74 valence electrons. The Balaban J connectivity index is 4.57. The zero-order chi connectivity index (χ0) is 9.83. The van der Waals surface area contributed by atoms with Crippen molar-refractivity contribution in [2.45, 2.75) is 59.1 Å². The molecule has 0 saturated heterocycles. The normalized spacial score (nSPS) is 17.5. The predicted octanol–water partition coefficient (Wildman–Crippen LogP) is 2.26. The van der Waals surface area contributed by atoms with E-state index >= 15 is 0 Å². The highest BCUT2D eigenvalue weighted by Crippen LogP contribution is 2.39. The molecule has 1 unspecified atom stereocenters. The van der Waals surface area contributed by atoms with E-state index in [-0.39, 0.29) is 5.41 Å². The lowest BCUT2D eigenvalue weighted by atomic mass is 9.71. The number of aliphatic hydroxyl groups is 1. The molecular formula is C10H23NO. The number of hydrogen-bond donors (Lipinski definition) is 2. The first-order valence-corrected chi connectivity index (χ1v) is 4.94. The van der Waals surface area contributed by atoms with E-state index in [0.29, 0.717) is 0 Å². The maximum atomic E-state index is 9.84. The number of nitrogens with two attached hydrogens (primary N) is 1. The first-order chi connectivity index (χ1) is 5.43. The van der Waals surface area contributed by atoms with Gasteiger partial charge in [0.25, 0.3) is 0 Å². The molecule has 2 heteroatoms. The molecule has 0 aliphatic heterocycles. The van der Waals surface area contributed by atoms with Crippen LogP contribution in [-0.4, -0.2) is 10.8 Å². The topological polar surface area (TPSA) is 46.2 Å². The lowest BCUT2D eigenvalue weighted by Gasteiger charge is -2.42. The van der Waals surface area contributed by atoms with Crippen LogP contribution < -0.4 is 5.73 Å². The zero-order valence-corrected chi connectivity index (χ0v) is 8.85. The van der Waals surface area contributed by atoms with Gasteiger partial charge in [0, 0.05) is 5.41 Å². The van der Waals surface area contributed by atoms with Crippen LogP contribution in [0.1, 0.15) is 53.4 Å². The van der Waals surface area contributed by atoms with Gasteiger partial charge in [0.1, 0.15) is 5.72 Å². The average molecular weight is 173 g/mol. The number of hydrogen-bond acceptors (Lipinski definition) is 2. The summed E-state index contributed by atoms with van der Waals surface area (Å²) in [5, 5.41) is 9.84. The Hall–Kier alpha value is -0.0800. The van der Waals surface area contributed by atoms with Crippen LogP contribution in [0.5, 0.6) is 0 Å². The molecule has 0 aromatic carbocycles. The van der Waals surface area contributed by atoms with Crippen LogP contribution in [0.3, 0.4) is 0 Å². The van der Waals surface area contributed by atoms with E-state index in [2.05, 4.69) is 20.8 Å². The van der Waals surface area contributed by atoms with Crippen LogP contribution in [-0.2, 0) is 0 Å². The summed E-state index contributed by atoms with van der Waals surface area (Å²) in [6, 6.07) is 0. The Bertz CT molecular complexity index is 122. The van der Waals surface area contributed by atoms with Crippen LogP contribution in [0.2, 0.25) is 0 Å². The summed E-state index contributed by atoms with van der Waals surface area (Å²) in [5.74, 6) is 0. The van der Waals surface area contributed by atoms with E-state index < -0.39 is 5.72 Å². The molecule has 0 aliphatic rings. The molecule has 0 fully saturated rings. The molecule has 2 nitrogen and oxygen atoms in total. The van der Waals surface area contributed by atoms with Gasteiger partial charge in [0.2, 0.25) is 0 Å². The molecular weight excluding hydrogens is 150 g/mol. The van der Waals surface area contributed by atoms with Crippen molar-refractivity contribution in [2.75, 3.05) is 0 Å². The van der Waals surface area contributed by atoms with Gasteiger partial charge in [0.05, 0.1) is 0 Å². The second kappa shape index (κ2) is 4.24. The minimum Gasteiger partial charge on any atom is -0.376 e. The SMILES string of the molecule is CCCC(CC)(CC)C(C)(N)O. The summed E-state index contributed by atoms with van der Waals surface area (Å²) in [6.45, 7) is 8.04.